The van der Waals surface area contributed by atoms with Crippen LogP contribution in [0.15, 0.2) is 42.6 Å². The molecule has 0 aliphatic carbocycles. The lowest BCUT2D eigenvalue weighted by Crippen LogP contribution is -2.16. The fourth-order valence-electron chi connectivity index (χ4n) is 1.99. The third kappa shape index (κ3) is 3.79. The van der Waals surface area contributed by atoms with Crippen LogP contribution in [-0.2, 0) is 17.8 Å². The van der Waals surface area contributed by atoms with Crippen LogP contribution in [0.2, 0.25) is 0 Å². The van der Waals surface area contributed by atoms with Gasteiger partial charge in [0, 0.05) is 12.7 Å². The van der Waals surface area contributed by atoms with E-state index in [0.717, 1.165) is 5.56 Å². The number of aliphatic carboxylic acids is 1. The highest BCUT2D eigenvalue weighted by Gasteiger charge is 2.10. The van der Waals surface area contributed by atoms with E-state index in [4.69, 9.17) is 10.8 Å². The predicted molar refractivity (Wildman–Crippen MR) is 77.9 cm³/mol. The smallest absolute Gasteiger partial charge is 0.307 e. The van der Waals surface area contributed by atoms with Gasteiger partial charge < -0.3 is 16.2 Å². The molecule has 0 aliphatic heterocycles. The number of nitrogens with zero attached hydrogens (tertiary/aromatic N) is 1. The van der Waals surface area contributed by atoms with Crippen molar-refractivity contribution in [3.63, 3.8) is 0 Å². The zero-order chi connectivity index (χ0) is 15.2. The molecule has 6 heteroatoms. The fourth-order valence-corrected chi connectivity index (χ4v) is 1.99. The lowest BCUT2D eigenvalue weighted by atomic mass is 10.0. The largest absolute Gasteiger partial charge is 0.481 e. The minimum absolute atomic E-state index is 0.0528. The third-order valence-corrected chi connectivity index (χ3v) is 2.98. The normalized spacial score (nSPS) is 10.1. The van der Waals surface area contributed by atoms with Gasteiger partial charge in [0.1, 0.15) is 5.82 Å². The van der Waals surface area contributed by atoms with Crippen LogP contribution >= 0.6 is 0 Å². The van der Waals surface area contributed by atoms with Crippen molar-refractivity contribution in [1.29, 1.82) is 0 Å². The van der Waals surface area contributed by atoms with E-state index in [2.05, 4.69) is 10.3 Å². The van der Waals surface area contributed by atoms with Gasteiger partial charge in [0.05, 0.1) is 12.0 Å². The molecule has 4 N–H and O–H groups in total. The lowest BCUT2D eigenvalue weighted by Gasteiger charge is -2.11. The number of pyridine rings is 1. The highest BCUT2D eigenvalue weighted by atomic mass is 16.4. The van der Waals surface area contributed by atoms with Crippen molar-refractivity contribution in [3.8, 4) is 0 Å². The second-order valence-electron chi connectivity index (χ2n) is 4.46. The summed E-state index contributed by atoms with van der Waals surface area (Å²) in [6.45, 7) is 0.362. The molecule has 0 unspecified atom stereocenters. The van der Waals surface area contributed by atoms with Gasteiger partial charge >= 0.3 is 5.97 Å². The number of hydrogen-bond acceptors (Lipinski definition) is 4. The van der Waals surface area contributed by atoms with Crippen LogP contribution < -0.4 is 11.1 Å². The number of carboxylic acid groups (broad SMARTS) is 1. The molecule has 21 heavy (non-hydrogen) atoms. The highest BCUT2D eigenvalue weighted by Crippen LogP contribution is 2.15. The number of anilines is 1. The van der Waals surface area contributed by atoms with E-state index in [1.807, 2.05) is 12.1 Å². The first-order valence-electron chi connectivity index (χ1n) is 6.35. The average Bonchev–Trinajstić information content (AvgIpc) is 2.46. The van der Waals surface area contributed by atoms with E-state index in [-0.39, 0.29) is 6.42 Å². The van der Waals surface area contributed by atoms with Crippen molar-refractivity contribution in [2.75, 3.05) is 5.32 Å². The van der Waals surface area contributed by atoms with E-state index in [0.29, 0.717) is 23.5 Å². The number of primary amides is 1. The number of hydrogen-bond donors (Lipinski definition) is 3. The molecule has 1 amide bonds. The molecule has 0 aliphatic rings. The van der Waals surface area contributed by atoms with Crippen LogP contribution in [0, 0.1) is 0 Å². The Kier molecular flexibility index (Phi) is 4.50. The van der Waals surface area contributed by atoms with Gasteiger partial charge in [-0.1, -0.05) is 24.3 Å². The SMILES string of the molecule is NC(=O)c1cccnc1NCc1ccccc1CC(=O)O. The molecule has 0 radical (unpaired) electrons. The lowest BCUT2D eigenvalue weighted by molar-refractivity contribution is -0.136. The van der Waals surface area contributed by atoms with Crippen LogP contribution in [0.3, 0.4) is 0 Å². The number of carbonyl (C=O) groups excluding carboxylic acids is 1. The van der Waals surface area contributed by atoms with Gasteiger partial charge in [-0.3, -0.25) is 9.59 Å². The summed E-state index contributed by atoms with van der Waals surface area (Å²) in [6, 6.07) is 10.4. The molecule has 0 saturated heterocycles. The standard InChI is InChI=1S/C15H15N3O3/c16-14(21)12-6-3-7-17-15(12)18-9-11-5-2-1-4-10(11)8-13(19)20/h1-7H,8-9H2,(H2,16,21)(H,17,18)(H,19,20). The zero-order valence-electron chi connectivity index (χ0n) is 11.2. The molecule has 0 atom stereocenters. The Morgan fingerprint density at radius 3 is 2.52 bits per heavy atom. The first-order valence-corrected chi connectivity index (χ1v) is 6.35. The van der Waals surface area contributed by atoms with Gasteiger partial charge in [0.2, 0.25) is 0 Å². The average molecular weight is 285 g/mol. The molecule has 2 rings (SSSR count). The maximum Gasteiger partial charge on any atom is 0.307 e. The molecular weight excluding hydrogens is 270 g/mol. The first-order chi connectivity index (χ1) is 10.1. The molecule has 0 fully saturated rings. The number of carboxylic acids is 1. The molecule has 108 valence electrons. The van der Waals surface area contributed by atoms with Crippen molar-refractivity contribution >= 4 is 17.7 Å². The maximum absolute atomic E-state index is 11.3. The van der Waals surface area contributed by atoms with Crippen LogP contribution in [0.1, 0.15) is 21.5 Å². The minimum atomic E-state index is -0.891. The molecule has 1 aromatic heterocycles. The summed E-state index contributed by atoms with van der Waals surface area (Å²) in [5.74, 6) is -1.07. The molecule has 6 nitrogen and oxygen atoms in total. The Morgan fingerprint density at radius 2 is 1.86 bits per heavy atom. The van der Waals surface area contributed by atoms with Crippen LogP contribution in [0.4, 0.5) is 5.82 Å². The Bertz CT molecular complexity index is 671. The van der Waals surface area contributed by atoms with Crippen molar-refractivity contribution in [2.45, 2.75) is 13.0 Å². The number of nitrogens with one attached hydrogen (secondary N) is 1. The van der Waals surface area contributed by atoms with Gasteiger partial charge in [-0.05, 0) is 23.3 Å². The van der Waals surface area contributed by atoms with Crippen molar-refractivity contribution in [3.05, 3.63) is 59.3 Å². The summed E-state index contributed by atoms with van der Waals surface area (Å²) in [5.41, 5.74) is 7.13. The quantitative estimate of drug-likeness (QED) is 0.744. The number of aromatic nitrogens is 1. The minimum Gasteiger partial charge on any atom is -0.481 e. The van der Waals surface area contributed by atoms with Gasteiger partial charge in [-0.25, -0.2) is 4.98 Å². The summed E-state index contributed by atoms with van der Waals surface area (Å²) >= 11 is 0. The molecule has 2 aromatic rings. The summed E-state index contributed by atoms with van der Waals surface area (Å²) in [6.07, 6.45) is 1.50. The van der Waals surface area contributed by atoms with Crippen LogP contribution in [0.25, 0.3) is 0 Å². The molecule has 0 spiro atoms. The van der Waals surface area contributed by atoms with Gasteiger partial charge in [-0.15, -0.1) is 0 Å². The van der Waals surface area contributed by atoms with Crippen molar-refractivity contribution in [1.82, 2.24) is 4.98 Å². The van der Waals surface area contributed by atoms with Gasteiger partial charge in [0.25, 0.3) is 5.91 Å². The molecule has 1 aromatic carbocycles. The van der Waals surface area contributed by atoms with E-state index in [1.54, 1.807) is 30.5 Å². The molecule has 0 saturated carbocycles. The molecule has 1 heterocycles. The van der Waals surface area contributed by atoms with Crippen molar-refractivity contribution < 1.29 is 14.7 Å². The zero-order valence-corrected chi connectivity index (χ0v) is 11.2. The summed E-state index contributed by atoms with van der Waals surface area (Å²) < 4.78 is 0. The Morgan fingerprint density at radius 1 is 1.14 bits per heavy atom. The highest BCUT2D eigenvalue weighted by molar-refractivity contribution is 5.97. The molecule has 0 bridgehead atoms. The van der Waals surface area contributed by atoms with E-state index < -0.39 is 11.9 Å². The molecular formula is C15H15N3O3. The monoisotopic (exact) mass is 285 g/mol. The predicted octanol–water partition coefficient (Wildman–Crippen LogP) is 1.42. The number of rotatable bonds is 6. The number of benzene rings is 1. The Hall–Kier alpha value is -2.89. The van der Waals surface area contributed by atoms with E-state index in [9.17, 15) is 9.59 Å². The van der Waals surface area contributed by atoms with E-state index in [1.165, 1.54) is 0 Å². The third-order valence-electron chi connectivity index (χ3n) is 2.98. The van der Waals surface area contributed by atoms with Crippen molar-refractivity contribution in [2.24, 2.45) is 5.73 Å². The summed E-state index contributed by atoms with van der Waals surface area (Å²) in [4.78, 5) is 26.2. The topological polar surface area (TPSA) is 105 Å². The van der Waals surface area contributed by atoms with Crippen LogP contribution in [0.5, 0.6) is 0 Å². The fraction of sp³-hybridized carbons (Fsp3) is 0.133. The first kappa shape index (κ1) is 14.5. The summed E-state index contributed by atoms with van der Waals surface area (Å²) in [7, 11) is 0. The van der Waals surface area contributed by atoms with Gasteiger partial charge in [0.15, 0.2) is 0 Å². The van der Waals surface area contributed by atoms with Gasteiger partial charge in [-0.2, -0.15) is 0 Å². The summed E-state index contributed by atoms with van der Waals surface area (Å²) in [5, 5.41) is 11.9. The number of amides is 1. The maximum atomic E-state index is 11.3. The van der Waals surface area contributed by atoms with E-state index >= 15 is 0 Å². The Labute approximate surface area is 121 Å². The second-order valence-corrected chi connectivity index (χ2v) is 4.46. The Balaban J connectivity index is 2.17. The van der Waals surface area contributed by atoms with Crippen LogP contribution in [-0.4, -0.2) is 22.0 Å². The second kappa shape index (κ2) is 6.51. The number of nitrogens with two attached hydrogens (primary N) is 1. The number of carbonyl (C=O) groups is 2.